The molecule has 2 aromatic heterocycles. The van der Waals surface area contributed by atoms with Crippen LogP contribution < -0.4 is 20.1 Å². The van der Waals surface area contributed by atoms with Gasteiger partial charge in [-0.25, -0.2) is 4.98 Å². The molecule has 130 valence electrons. The highest BCUT2D eigenvalue weighted by molar-refractivity contribution is 7.13. The van der Waals surface area contributed by atoms with Crippen LogP contribution >= 0.6 is 11.3 Å². The maximum absolute atomic E-state index is 12.3. The van der Waals surface area contributed by atoms with Crippen molar-refractivity contribution in [2.75, 3.05) is 26.1 Å². The molecule has 0 atom stereocenters. The fourth-order valence-electron chi connectivity index (χ4n) is 2.34. The Morgan fingerprint density at radius 2 is 2.00 bits per heavy atom. The number of nitrogens with one attached hydrogen (secondary N) is 3. The summed E-state index contributed by atoms with van der Waals surface area (Å²) in [7, 11) is 3.10. The van der Waals surface area contributed by atoms with Gasteiger partial charge in [0.15, 0.2) is 5.13 Å². The summed E-state index contributed by atoms with van der Waals surface area (Å²) in [4.78, 5) is 31.1. The van der Waals surface area contributed by atoms with Crippen LogP contribution in [0.15, 0.2) is 29.8 Å². The van der Waals surface area contributed by atoms with Crippen LogP contribution in [-0.4, -0.2) is 42.5 Å². The summed E-state index contributed by atoms with van der Waals surface area (Å²) in [5.74, 6) is 0.452. The van der Waals surface area contributed by atoms with E-state index in [0.717, 1.165) is 5.39 Å². The first-order valence-corrected chi connectivity index (χ1v) is 8.21. The van der Waals surface area contributed by atoms with E-state index in [2.05, 4.69) is 20.6 Å². The highest BCUT2D eigenvalue weighted by Gasteiger charge is 2.16. The van der Waals surface area contributed by atoms with Crippen LogP contribution in [0.5, 0.6) is 11.5 Å². The van der Waals surface area contributed by atoms with E-state index < -0.39 is 5.91 Å². The van der Waals surface area contributed by atoms with Crippen LogP contribution in [0.3, 0.4) is 0 Å². The van der Waals surface area contributed by atoms with Gasteiger partial charge >= 0.3 is 0 Å². The van der Waals surface area contributed by atoms with Gasteiger partial charge in [-0.2, -0.15) is 0 Å². The summed E-state index contributed by atoms with van der Waals surface area (Å²) in [5.41, 5.74) is 0.957. The summed E-state index contributed by atoms with van der Waals surface area (Å²) < 4.78 is 10.6. The van der Waals surface area contributed by atoms with Gasteiger partial charge in [-0.15, -0.1) is 11.3 Å². The van der Waals surface area contributed by atoms with Gasteiger partial charge in [0.1, 0.15) is 17.2 Å². The first kappa shape index (κ1) is 16.8. The number of nitrogens with zero attached hydrogens (tertiary/aromatic N) is 1. The molecule has 0 unspecified atom stereocenters. The number of hydrogen-bond acceptors (Lipinski definition) is 6. The first-order valence-electron chi connectivity index (χ1n) is 7.33. The van der Waals surface area contributed by atoms with Crippen LogP contribution in [0.25, 0.3) is 10.9 Å². The molecule has 0 fully saturated rings. The summed E-state index contributed by atoms with van der Waals surface area (Å²) in [5, 5.41) is 8.11. The van der Waals surface area contributed by atoms with Gasteiger partial charge in [0.25, 0.3) is 5.91 Å². The van der Waals surface area contributed by atoms with Crippen molar-refractivity contribution in [3.63, 3.8) is 0 Å². The molecule has 0 aliphatic carbocycles. The third kappa shape index (κ3) is 3.56. The summed E-state index contributed by atoms with van der Waals surface area (Å²) in [6, 6.07) is 5.17. The van der Waals surface area contributed by atoms with Gasteiger partial charge < -0.3 is 25.1 Å². The number of aromatic amines is 1. The van der Waals surface area contributed by atoms with Crippen molar-refractivity contribution in [2.24, 2.45) is 0 Å². The SMILES string of the molecule is COc1ccc(OC)c2[nH]c(C(=O)NCC(=O)Nc3nccs3)cc12. The molecular weight excluding hydrogens is 344 g/mol. The lowest BCUT2D eigenvalue weighted by molar-refractivity contribution is -0.115. The molecule has 2 amide bonds. The standard InChI is InChI=1S/C16H16N4O4S/c1-23-11-3-4-12(24-2)14-9(11)7-10(19-14)15(22)18-8-13(21)20-16-17-5-6-25-16/h3-7,19H,8H2,1-2H3,(H,18,22)(H,17,20,21). The molecule has 0 saturated carbocycles. The molecule has 0 radical (unpaired) electrons. The number of aromatic nitrogens is 2. The minimum Gasteiger partial charge on any atom is -0.496 e. The number of benzene rings is 1. The lowest BCUT2D eigenvalue weighted by atomic mass is 10.2. The molecule has 0 saturated heterocycles. The zero-order chi connectivity index (χ0) is 17.8. The Kier molecular flexibility index (Phi) is 4.85. The molecule has 9 heteroatoms. The summed E-state index contributed by atoms with van der Waals surface area (Å²) >= 11 is 1.30. The van der Waals surface area contributed by atoms with Gasteiger partial charge in [0, 0.05) is 17.0 Å². The molecule has 3 aromatic rings. The predicted octanol–water partition coefficient (Wildman–Crippen LogP) is 2.01. The molecule has 3 N–H and O–H groups in total. The number of carbonyl (C=O) groups is 2. The van der Waals surface area contributed by atoms with Gasteiger partial charge in [-0.3, -0.25) is 9.59 Å². The molecule has 1 aromatic carbocycles. The maximum Gasteiger partial charge on any atom is 0.268 e. The summed E-state index contributed by atoms with van der Waals surface area (Å²) in [6.45, 7) is -0.165. The third-order valence-electron chi connectivity index (χ3n) is 3.49. The van der Waals surface area contributed by atoms with Crippen LogP contribution in [-0.2, 0) is 4.79 Å². The molecule has 8 nitrogen and oxygen atoms in total. The number of amides is 2. The molecule has 25 heavy (non-hydrogen) atoms. The highest BCUT2D eigenvalue weighted by atomic mass is 32.1. The van der Waals surface area contributed by atoms with Crippen LogP contribution in [0.2, 0.25) is 0 Å². The minimum absolute atomic E-state index is 0.165. The van der Waals surface area contributed by atoms with Crippen molar-refractivity contribution in [1.82, 2.24) is 15.3 Å². The predicted molar refractivity (Wildman–Crippen MR) is 94.5 cm³/mol. The quantitative estimate of drug-likeness (QED) is 0.624. The van der Waals surface area contributed by atoms with E-state index in [0.29, 0.717) is 27.8 Å². The van der Waals surface area contributed by atoms with Crippen LogP contribution in [0.4, 0.5) is 5.13 Å². The van der Waals surface area contributed by atoms with Crippen molar-refractivity contribution in [3.8, 4) is 11.5 Å². The van der Waals surface area contributed by atoms with E-state index in [4.69, 9.17) is 9.47 Å². The maximum atomic E-state index is 12.3. The van der Waals surface area contributed by atoms with E-state index in [-0.39, 0.29) is 12.5 Å². The van der Waals surface area contributed by atoms with Gasteiger partial charge in [-0.1, -0.05) is 0 Å². The number of H-pyrrole nitrogens is 1. The van der Waals surface area contributed by atoms with E-state index in [1.165, 1.54) is 11.3 Å². The van der Waals surface area contributed by atoms with E-state index in [1.54, 1.807) is 44.0 Å². The number of methoxy groups -OCH3 is 2. The van der Waals surface area contributed by atoms with Crippen molar-refractivity contribution in [2.45, 2.75) is 0 Å². The second-order valence-corrected chi connectivity index (χ2v) is 5.90. The number of rotatable bonds is 6. The van der Waals surface area contributed by atoms with Crippen molar-refractivity contribution >= 4 is 39.2 Å². The molecule has 3 rings (SSSR count). The number of anilines is 1. The number of fused-ring (bicyclic) bond motifs is 1. The van der Waals surface area contributed by atoms with E-state index >= 15 is 0 Å². The summed E-state index contributed by atoms with van der Waals surface area (Å²) in [6.07, 6.45) is 1.59. The lowest BCUT2D eigenvalue weighted by Gasteiger charge is -2.05. The Balaban J connectivity index is 1.72. The highest BCUT2D eigenvalue weighted by Crippen LogP contribution is 2.33. The topological polar surface area (TPSA) is 105 Å². The molecule has 0 spiro atoms. The second-order valence-electron chi connectivity index (χ2n) is 5.01. The molecule has 2 heterocycles. The van der Waals surface area contributed by atoms with Crippen molar-refractivity contribution < 1.29 is 19.1 Å². The third-order valence-corrected chi connectivity index (χ3v) is 4.18. The first-order chi connectivity index (χ1) is 12.1. The number of ether oxygens (including phenoxy) is 2. The van der Waals surface area contributed by atoms with Crippen LogP contribution in [0, 0.1) is 0 Å². The zero-order valence-electron chi connectivity index (χ0n) is 13.6. The molecule has 0 bridgehead atoms. The van der Waals surface area contributed by atoms with Crippen LogP contribution in [0.1, 0.15) is 10.5 Å². The average Bonchev–Trinajstić information content (AvgIpc) is 3.28. The van der Waals surface area contributed by atoms with Crippen molar-refractivity contribution in [1.29, 1.82) is 0 Å². The van der Waals surface area contributed by atoms with Gasteiger partial charge in [-0.05, 0) is 18.2 Å². The van der Waals surface area contributed by atoms with E-state index in [9.17, 15) is 9.59 Å². The largest absolute Gasteiger partial charge is 0.496 e. The second kappa shape index (κ2) is 7.22. The fourth-order valence-corrected chi connectivity index (χ4v) is 2.89. The number of hydrogen-bond donors (Lipinski definition) is 3. The van der Waals surface area contributed by atoms with Gasteiger partial charge in [0.05, 0.1) is 26.3 Å². The normalized spacial score (nSPS) is 10.5. The fraction of sp³-hybridized carbons (Fsp3) is 0.188. The lowest BCUT2D eigenvalue weighted by Crippen LogP contribution is -2.33. The number of thiazole rings is 1. The Morgan fingerprint density at radius 3 is 2.68 bits per heavy atom. The Morgan fingerprint density at radius 1 is 1.24 bits per heavy atom. The zero-order valence-corrected chi connectivity index (χ0v) is 14.4. The monoisotopic (exact) mass is 360 g/mol. The minimum atomic E-state index is -0.408. The molecule has 0 aliphatic rings. The Labute approximate surface area is 147 Å². The Bertz CT molecular complexity index is 863. The van der Waals surface area contributed by atoms with E-state index in [1.807, 2.05) is 0 Å². The number of carbonyl (C=O) groups excluding carboxylic acids is 2. The Hall–Kier alpha value is -3.07. The average molecular weight is 360 g/mol. The smallest absolute Gasteiger partial charge is 0.268 e. The molecular formula is C16H16N4O4S. The molecule has 0 aliphatic heterocycles. The van der Waals surface area contributed by atoms with Gasteiger partial charge in [0.2, 0.25) is 5.91 Å². The van der Waals surface area contributed by atoms with Crippen molar-refractivity contribution in [3.05, 3.63) is 35.5 Å².